The average Bonchev–Trinajstić information content (AvgIpc) is 2.54. The Labute approximate surface area is 147 Å². The molecule has 0 fully saturated rings. The molecular formula is C18H21ClN4O. The highest BCUT2D eigenvalue weighted by atomic mass is 35.5. The van der Waals surface area contributed by atoms with E-state index in [1.165, 1.54) is 11.8 Å². The normalized spacial score (nSPS) is 10.6. The highest BCUT2D eigenvalue weighted by molar-refractivity contribution is 6.38. The average molecular weight is 345 g/mol. The van der Waals surface area contributed by atoms with Gasteiger partial charge in [-0.1, -0.05) is 37.6 Å². The van der Waals surface area contributed by atoms with E-state index in [2.05, 4.69) is 29.5 Å². The molecule has 0 aliphatic carbocycles. The van der Waals surface area contributed by atoms with Gasteiger partial charge in [-0.25, -0.2) is 4.98 Å². The Hall–Kier alpha value is -2.40. The number of hydrogen-bond acceptors (Lipinski definition) is 4. The lowest BCUT2D eigenvalue weighted by molar-refractivity contribution is 0.102. The van der Waals surface area contributed by atoms with Gasteiger partial charge in [-0.3, -0.25) is 4.79 Å². The van der Waals surface area contributed by atoms with E-state index in [4.69, 9.17) is 17.0 Å². The number of hydrogen-bond donors (Lipinski definition) is 3. The van der Waals surface area contributed by atoms with Crippen LogP contribution in [0.15, 0.2) is 30.5 Å². The smallest absolute Gasteiger partial charge is 0.258 e. The molecule has 126 valence electrons. The van der Waals surface area contributed by atoms with E-state index in [-0.39, 0.29) is 22.2 Å². The summed E-state index contributed by atoms with van der Waals surface area (Å²) in [6, 6.07) is 7.69. The van der Waals surface area contributed by atoms with Crippen molar-refractivity contribution in [1.82, 2.24) is 4.98 Å². The molecule has 0 unspecified atom stereocenters. The minimum absolute atomic E-state index is 0.221. The van der Waals surface area contributed by atoms with Crippen molar-refractivity contribution in [3.63, 3.8) is 0 Å². The summed E-state index contributed by atoms with van der Waals surface area (Å²) in [4.78, 5) is 16.7. The Kier molecular flexibility index (Phi) is 5.57. The molecule has 0 aliphatic heterocycles. The van der Waals surface area contributed by atoms with E-state index >= 15 is 0 Å². The van der Waals surface area contributed by atoms with E-state index in [0.717, 1.165) is 0 Å². The quantitative estimate of drug-likeness (QED) is 0.697. The third-order valence-electron chi connectivity index (χ3n) is 3.71. The van der Waals surface area contributed by atoms with E-state index in [9.17, 15) is 4.79 Å². The molecule has 1 aromatic carbocycles. The van der Waals surface area contributed by atoms with Crippen molar-refractivity contribution in [2.75, 3.05) is 17.7 Å². The lowest BCUT2D eigenvalue weighted by Gasteiger charge is -2.13. The van der Waals surface area contributed by atoms with E-state index in [1.807, 2.05) is 24.3 Å². The summed E-state index contributed by atoms with van der Waals surface area (Å²) in [7, 11) is 1.70. The van der Waals surface area contributed by atoms with E-state index in [1.54, 1.807) is 14.0 Å². The number of nitrogens with zero attached hydrogens (tertiary/aromatic N) is 1. The third kappa shape index (κ3) is 3.74. The summed E-state index contributed by atoms with van der Waals surface area (Å²) in [6.07, 6.45) is 1.42. The molecule has 0 aliphatic rings. The number of nitrogens with one attached hydrogen (secondary N) is 3. The molecule has 5 nitrogen and oxygen atoms in total. The molecule has 0 radical (unpaired) electrons. The fourth-order valence-electron chi connectivity index (χ4n) is 2.33. The molecule has 0 saturated carbocycles. The van der Waals surface area contributed by atoms with Crippen molar-refractivity contribution in [2.24, 2.45) is 0 Å². The van der Waals surface area contributed by atoms with Crippen molar-refractivity contribution in [3.05, 3.63) is 52.2 Å². The molecule has 3 N–H and O–H groups in total. The van der Waals surface area contributed by atoms with Gasteiger partial charge in [0.25, 0.3) is 5.91 Å². The van der Waals surface area contributed by atoms with Crippen molar-refractivity contribution in [3.8, 4) is 0 Å². The largest absolute Gasteiger partial charge is 0.373 e. The summed E-state index contributed by atoms with van der Waals surface area (Å²) in [5.41, 5.74) is 2.80. The molecule has 0 atom stereocenters. The number of benzene rings is 1. The van der Waals surface area contributed by atoms with Gasteiger partial charge >= 0.3 is 0 Å². The monoisotopic (exact) mass is 344 g/mol. The van der Waals surface area contributed by atoms with Gasteiger partial charge in [-0.15, -0.1) is 0 Å². The van der Waals surface area contributed by atoms with Gasteiger partial charge < -0.3 is 16.0 Å². The van der Waals surface area contributed by atoms with Crippen LogP contribution in [-0.2, 0) is 0 Å². The zero-order valence-corrected chi connectivity index (χ0v) is 15.0. The van der Waals surface area contributed by atoms with Crippen LogP contribution in [0.5, 0.6) is 0 Å². The van der Waals surface area contributed by atoms with Gasteiger partial charge in [0.15, 0.2) is 0 Å². The molecule has 1 aromatic heterocycles. The molecule has 0 saturated heterocycles. The number of rotatable bonds is 5. The van der Waals surface area contributed by atoms with E-state index < -0.39 is 0 Å². The van der Waals surface area contributed by atoms with Crippen molar-refractivity contribution in [1.29, 1.82) is 5.41 Å². The minimum Gasteiger partial charge on any atom is -0.373 e. The molecule has 2 rings (SSSR count). The molecule has 2 aromatic rings. The Balaban J connectivity index is 2.30. The van der Waals surface area contributed by atoms with Crippen LogP contribution in [0, 0.1) is 5.41 Å². The Bertz CT molecular complexity index is 769. The second-order valence-corrected chi connectivity index (χ2v) is 6.19. The van der Waals surface area contributed by atoms with Gasteiger partial charge in [0.2, 0.25) is 0 Å². The second-order valence-electron chi connectivity index (χ2n) is 5.82. The predicted molar refractivity (Wildman–Crippen MR) is 99.8 cm³/mol. The summed E-state index contributed by atoms with van der Waals surface area (Å²) in [5.74, 6) is 0.556. The fraction of sp³-hybridized carbons (Fsp3) is 0.278. The Morgan fingerprint density at radius 1 is 1.25 bits per heavy atom. The van der Waals surface area contributed by atoms with Crippen LogP contribution in [-0.4, -0.2) is 23.7 Å². The van der Waals surface area contributed by atoms with Gasteiger partial charge in [0.05, 0.1) is 16.1 Å². The predicted octanol–water partition coefficient (Wildman–Crippen LogP) is 4.54. The van der Waals surface area contributed by atoms with Gasteiger partial charge in [0, 0.05) is 24.6 Å². The maximum atomic E-state index is 12.5. The lowest BCUT2D eigenvalue weighted by Crippen LogP contribution is -2.15. The molecule has 0 spiro atoms. The Morgan fingerprint density at radius 3 is 2.38 bits per heavy atom. The summed E-state index contributed by atoms with van der Waals surface area (Å²) in [6.45, 7) is 5.84. The number of amides is 1. The van der Waals surface area contributed by atoms with Crippen LogP contribution in [0.4, 0.5) is 11.5 Å². The zero-order valence-electron chi connectivity index (χ0n) is 14.2. The fourth-order valence-corrected chi connectivity index (χ4v) is 2.69. The molecule has 6 heteroatoms. The maximum Gasteiger partial charge on any atom is 0.258 e. The van der Waals surface area contributed by atoms with Crippen LogP contribution in [0.25, 0.3) is 0 Å². The van der Waals surface area contributed by atoms with Crippen LogP contribution >= 0.6 is 11.6 Å². The minimum atomic E-state index is -0.352. The van der Waals surface area contributed by atoms with Gasteiger partial charge in [0.1, 0.15) is 5.82 Å². The van der Waals surface area contributed by atoms with Gasteiger partial charge in [-0.05, 0) is 30.5 Å². The zero-order chi connectivity index (χ0) is 17.9. The Morgan fingerprint density at radius 2 is 1.88 bits per heavy atom. The van der Waals surface area contributed by atoms with Crippen LogP contribution in [0.3, 0.4) is 0 Å². The number of halogens is 1. The second kappa shape index (κ2) is 7.45. The highest BCUT2D eigenvalue weighted by Gasteiger charge is 2.19. The number of aromatic nitrogens is 1. The first-order chi connectivity index (χ1) is 11.3. The topological polar surface area (TPSA) is 77.9 Å². The number of carbonyl (C=O) groups excluding carboxylic acids is 1. The summed E-state index contributed by atoms with van der Waals surface area (Å²) < 4.78 is 0. The lowest BCUT2D eigenvalue weighted by atomic mass is 10.0. The first-order valence-corrected chi connectivity index (χ1v) is 8.06. The summed E-state index contributed by atoms with van der Waals surface area (Å²) >= 11 is 6.33. The van der Waals surface area contributed by atoms with Crippen LogP contribution < -0.4 is 10.6 Å². The van der Waals surface area contributed by atoms with E-state index in [0.29, 0.717) is 23.0 Å². The molecule has 24 heavy (non-hydrogen) atoms. The number of pyridine rings is 1. The molecule has 0 bridgehead atoms. The number of anilines is 2. The van der Waals surface area contributed by atoms with Crippen molar-refractivity contribution >= 4 is 34.7 Å². The first kappa shape index (κ1) is 17.9. The molecule has 1 amide bonds. The summed E-state index contributed by atoms with van der Waals surface area (Å²) in [5, 5.41) is 13.8. The van der Waals surface area contributed by atoms with Crippen molar-refractivity contribution in [2.45, 2.75) is 26.7 Å². The molecular weight excluding hydrogens is 324 g/mol. The van der Waals surface area contributed by atoms with Gasteiger partial charge in [-0.2, -0.15) is 0 Å². The standard InChI is InChI=1S/C18H21ClN4O/c1-10(2)12-5-7-13(8-6-12)23-18(24)14-9-22-17(21-4)15(11(3)20)16(14)19/h5-10,20H,1-4H3,(H,21,22)(H,23,24). The highest BCUT2D eigenvalue weighted by Crippen LogP contribution is 2.27. The SMILES string of the molecule is CNc1ncc(C(=O)Nc2ccc(C(C)C)cc2)c(Cl)c1C(C)=N. The number of carbonyl (C=O) groups is 1. The molecule has 1 heterocycles. The van der Waals surface area contributed by atoms with Crippen molar-refractivity contribution < 1.29 is 4.79 Å². The maximum absolute atomic E-state index is 12.5. The third-order valence-corrected chi connectivity index (χ3v) is 4.10. The first-order valence-electron chi connectivity index (χ1n) is 7.68. The van der Waals surface area contributed by atoms with Crippen LogP contribution in [0.1, 0.15) is 48.2 Å². The van der Waals surface area contributed by atoms with Crippen LogP contribution in [0.2, 0.25) is 5.02 Å².